The van der Waals surface area contributed by atoms with E-state index in [4.69, 9.17) is 46.1 Å². The number of amides is 4. The van der Waals surface area contributed by atoms with Gasteiger partial charge in [0.25, 0.3) is 0 Å². The molecule has 0 saturated heterocycles. The number of esters is 2. The number of urea groups is 1. The van der Waals surface area contributed by atoms with Crippen molar-refractivity contribution in [3.63, 3.8) is 0 Å². The van der Waals surface area contributed by atoms with E-state index in [-0.39, 0.29) is 127 Å². The summed E-state index contributed by atoms with van der Waals surface area (Å²) in [4.78, 5) is 92.6. The lowest BCUT2D eigenvalue weighted by molar-refractivity contribution is -0.151. The Morgan fingerprint density at radius 1 is 0.316 bits per heavy atom. The molecular formula is C89H168N4O19P2. The van der Waals surface area contributed by atoms with Crippen molar-refractivity contribution in [2.45, 2.75) is 425 Å². The summed E-state index contributed by atoms with van der Waals surface area (Å²) in [5.41, 5.74) is 0. The first-order valence-electron chi connectivity index (χ1n) is 45.9. The van der Waals surface area contributed by atoms with E-state index in [1.54, 1.807) is 0 Å². The van der Waals surface area contributed by atoms with Gasteiger partial charge in [-0.25, -0.2) is 13.9 Å². The molecule has 0 aromatic heterocycles. The summed E-state index contributed by atoms with van der Waals surface area (Å²) in [6, 6.07) is -2.54. The topological polar surface area (TPSA) is 294 Å². The Bertz CT molecular complexity index is 2290. The van der Waals surface area contributed by atoms with Crippen molar-refractivity contribution in [2.75, 3.05) is 79.2 Å². The largest absolute Gasteiger partial charge is 0.475 e. The van der Waals surface area contributed by atoms with E-state index in [2.05, 4.69) is 76.0 Å². The van der Waals surface area contributed by atoms with Crippen LogP contribution in [0.2, 0.25) is 0 Å². The lowest BCUT2D eigenvalue weighted by Crippen LogP contribution is -2.42. The fourth-order valence-corrected chi connectivity index (χ4v) is 15.6. The van der Waals surface area contributed by atoms with Gasteiger partial charge in [-0.15, -0.1) is 13.2 Å². The molecule has 0 aliphatic heterocycles. The molecule has 4 amide bonds. The highest BCUT2D eigenvalue weighted by Crippen LogP contribution is 2.50. The Morgan fingerprint density at radius 3 is 0.877 bits per heavy atom. The minimum absolute atomic E-state index is 0.111. The van der Waals surface area contributed by atoms with Crippen LogP contribution >= 0.6 is 15.6 Å². The van der Waals surface area contributed by atoms with Gasteiger partial charge in [0, 0.05) is 51.6 Å². The summed E-state index contributed by atoms with van der Waals surface area (Å²) in [6.45, 7) is 18.2. The van der Waals surface area contributed by atoms with Crippen LogP contribution in [0.1, 0.15) is 401 Å². The number of carbonyl (C=O) groups excluding carboxylic acids is 7. The highest BCUT2D eigenvalue weighted by atomic mass is 31.2. The maximum absolute atomic E-state index is 14.2. The molecule has 4 N–H and O–H groups in total. The zero-order valence-electron chi connectivity index (χ0n) is 73.1. The summed E-state index contributed by atoms with van der Waals surface area (Å²) < 4.78 is 86.8. The van der Waals surface area contributed by atoms with E-state index in [9.17, 15) is 42.7 Å². The Kier molecular flexibility index (Phi) is 78.7. The number of ketones is 2. The SMILES string of the molecule is C=CCOP(=O)(OCCNC(=O)NCCOP(=O)(OCC=C)OCC(COCCC(CCCCCCC)OC(=O)CCCCCCCCCCC)NC(=O)CC(=O)CCCCCCCCCCC)OCC(COCCC(CCCCCCC)OC(=O)CCCCCCCCCCC)NC(=O)CC(=O)CCCCCCCCCCC. The maximum Gasteiger partial charge on any atom is 0.475 e. The van der Waals surface area contributed by atoms with E-state index >= 15 is 0 Å². The van der Waals surface area contributed by atoms with Crippen LogP contribution in [-0.2, 0) is 84.0 Å². The smallest absolute Gasteiger partial charge is 0.462 e. The number of carbonyl (C=O) groups is 7. The summed E-state index contributed by atoms with van der Waals surface area (Å²) in [7, 11) is -8.83. The van der Waals surface area contributed by atoms with E-state index in [0.717, 1.165) is 141 Å². The van der Waals surface area contributed by atoms with E-state index in [1.807, 2.05) is 0 Å². The Hall–Kier alpha value is -3.89. The molecule has 6 atom stereocenters. The summed E-state index contributed by atoms with van der Waals surface area (Å²) >= 11 is 0. The molecule has 0 radical (unpaired) electrons. The second-order valence-corrected chi connectivity index (χ2v) is 34.5. The number of phosphoric ester groups is 2. The van der Waals surface area contributed by atoms with Gasteiger partial charge < -0.3 is 40.2 Å². The van der Waals surface area contributed by atoms with Crippen LogP contribution in [0.3, 0.4) is 0 Å². The van der Waals surface area contributed by atoms with Crippen molar-refractivity contribution in [2.24, 2.45) is 0 Å². The normalized spacial score (nSPS) is 13.6. The Morgan fingerprint density at radius 2 is 0.588 bits per heavy atom. The van der Waals surface area contributed by atoms with Gasteiger partial charge in [0.2, 0.25) is 11.8 Å². The van der Waals surface area contributed by atoms with Crippen LogP contribution < -0.4 is 21.3 Å². The lowest BCUT2D eigenvalue weighted by Gasteiger charge is -2.23. The number of unbranched alkanes of at least 4 members (excludes halogenated alkanes) is 40. The zero-order valence-corrected chi connectivity index (χ0v) is 74.9. The second-order valence-electron chi connectivity index (χ2n) is 31.1. The number of hydrogen-bond acceptors (Lipinski definition) is 19. The van der Waals surface area contributed by atoms with Gasteiger partial charge in [-0.2, -0.15) is 0 Å². The first kappa shape index (κ1) is 110. The number of nitrogens with one attached hydrogen (secondary N) is 4. The van der Waals surface area contributed by atoms with E-state index < -0.39 is 58.8 Å². The van der Waals surface area contributed by atoms with Crippen molar-refractivity contribution in [1.82, 2.24) is 21.3 Å². The summed E-state index contributed by atoms with van der Waals surface area (Å²) in [5, 5.41) is 10.8. The molecule has 0 rings (SSSR count). The molecule has 23 nitrogen and oxygen atoms in total. The molecule has 0 fully saturated rings. The second kappa shape index (κ2) is 81.5. The summed E-state index contributed by atoms with van der Waals surface area (Å²) in [6.07, 6.45) is 55.5. The molecule has 0 bridgehead atoms. The first-order valence-corrected chi connectivity index (χ1v) is 48.8. The van der Waals surface area contributed by atoms with Crippen molar-refractivity contribution in [3.05, 3.63) is 25.3 Å². The number of Topliss-reactive ketones (excluding diaryl/α,β-unsaturated/α-hetero) is 2. The third kappa shape index (κ3) is 73.3. The molecule has 0 aliphatic carbocycles. The van der Waals surface area contributed by atoms with Crippen LogP contribution in [0.25, 0.3) is 0 Å². The Balaban J connectivity index is 6.11. The van der Waals surface area contributed by atoms with Crippen LogP contribution in [0.15, 0.2) is 25.3 Å². The highest BCUT2D eigenvalue weighted by Gasteiger charge is 2.31. The fourth-order valence-electron chi connectivity index (χ4n) is 13.2. The fraction of sp³-hybridized carbons (Fsp3) is 0.876. The average Bonchev–Trinajstić information content (AvgIpc) is 0.555. The van der Waals surface area contributed by atoms with Gasteiger partial charge >= 0.3 is 33.6 Å². The van der Waals surface area contributed by atoms with E-state index in [1.165, 1.54) is 153 Å². The molecule has 0 aromatic carbocycles. The third-order valence-corrected chi connectivity index (χ3v) is 22.9. The molecule has 114 heavy (non-hydrogen) atoms. The Labute approximate surface area is 693 Å². The van der Waals surface area contributed by atoms with Crippen LogP contribution in [0.5, 0.6) is 0 Å². The van der Waals surface area contributed by atoms with Gasteiger partial charge in [0.05, 0.1) is 91.0 Å². The molecule has 25 heteroatoms. The standard InChI is InChI=1S/C89H168N4O19P2/c1-9-17-23-29-33-37-41-47-51-57-81(94)73-85(96)92-79(75-103-69-63-83(59-53-45-27-21-13-5)111-87(98)61-55-49-43-39-35-31-25-19-11-3)77-109-113(101,105-67-15-7)107-71-65-90-89(100)91-66-72-108-114(102,106-68-16-8)110-78-80(93-86(97)74-82(95)58-52-48-42-38-34-30-24-18-10-2)76-104-70-64-84(60-54-46-28-22-14-6)112-88(99)62-56-50-44-40-36-32-26-20-12-4/h15-16,79-80,83-84H,7-14,17-78H2,1-6H3,(H,92,96)(H,93,97)(H2,90,91,100). The number of ether oxygens (including phenoxy) is 4. The minimum atomic E-state index is -4.42. The molecule has 0 heterocycles. The molecule has 668 valence electrons. The third-order valence-electron chi connectivity index (χ3n) is 20.0. The molecule has 6 unspecified atom stereocenters. The van der Waals surface area contributed by atoms with Gasteiger partial charge in [-0.3, -0.25) is 55.9 Å². The average molecular weight is 1660 g/mol. The van der Waals surface area contributed by atoms with Gasteiger partial charge in [0.1, 0.15) is 23.8 Å². The predicted octanol–water partition coefficient (Wildman–Crippen LogP) is 22.9. The molecule has 0 spiro atoms. The molecule has 0 aromatic rings. The molecule has 0 aliphatic rings. The predicted molar refractivity (Wildman–Crippen MR) is 461 cm³/mol. The van der Waals surface area contributed by atoms with Crippen molar-refractivity contribution in [3.8, 4) is 0 Å². The van der Waals surface area contributed by atoms with Crippen LogP contribution in [0, 0.1) is 0 Å². The lowest BCUT2D eigenvalue weighted by atomic mass is 10.0. The number of rotatable bonds is 90. The van der Waals surface area contributed by atoms with Crippen molar-refractivity contribution >= 4 is 57.0 Å². The van der Waals surface area contributed by atoms with Crippen LogP contribution in [0.4, 0.5) is 4.79 Å². The highest BCUT2D eigenvalue weighted by molar-refractivity contribution is 7.48. The van der Waals surface area contributed by atoms with Crippen LogP contribution in [-0.4, -0.2) is 145 Å². The zero-order chi connectivity index (χ0) is 83.7. The van der Waals surface area contributed by atoms with Gasteiger partial charge in [-0.1, -0.05) is 311 Å². The summed E-state index contributed by atoms with van der Waals surface area (Å²) in [5.74, 6) is -1.93. The van der Waals surface area contributed by atoms with E-state index in [0.29, 0.717) is 51.4 Å². The maximum atomic E-state index is 14.2. The number of phosphoric acid groups is 2. The van der Waals surface area contributed by atoms with Crippen molar-refractivity contribution in [1.29, 1.82) is 0 Å². The monoisotopic (exact) mass is 1660 g/mol. The van der Waals surface area contributed by atoms with Crippen molar-refractivity contribution < 1.29 is 88.8 Å². The number of hydrogen-bond donors (Lipinski definition) is 4. The first-order chi connectivity index (χ1) is 55.4. The molecule has 0 saturated carbocycles. The van der Waals surface area contributed by atoms with Gasteiger partial charge in [-0.05, 0) is 51.4 Å². The molecular weight excluding hydrogens is 1490 g/mol. The van der Waals surface area contributed by atoms with Gasteiger partial charge in [0.15, 0.2) is 0 Å². The quantitative estimate of drug-likeness (QED) is 0.0145. The minimum Gasteiger partial charge on any atom is -0.462 e.